The molecule has 1 amide bonds. The van der Waals surface area contributed by atoms with Crippen molar-refractivity contribution in [3.05, 3.63) is 83.5 Å². The molecule has 0 fully saturated rings. The first kappa shape index (κ1) is 19.9. The van der Waals surface area contributed by atoms with E-state index in [1.165, 1.54) is 28.2 Å². The number of nitrogens with zero attached hydrogens (tertiary/aromatic N) is 4. The Balaban J connectivity index is 1.22. The molecule has 0 aliphatic heterocycles. The second kappa shape index (κ2) is 9.01. The number of fused-ring (bicyclic) bond motifs is 1. The lowest BCUT2D eigenvalue weighted by Gasteiger charge is -2.00. The summed E-state index contributed by atoms with van der Waals surface area (Å²) in [5, 5.41) is 13.6. The van der Waals surface area contributed by atoms with Gasteiger partial charge in [-0.1, -0.05) is 83.8 Å². The summed E-state index contributed by atoms with van der Waals surface area (Å²) in [6, 6.07) is 20.2. The van der Waals surface area contributed by atoms with Crippen molar-refractivity contribution >= 4 is 50.4 Å². The van der Waals surface area contributed by atoms with E-state index >= 15 is 0 Å². The number of anilines is 1. The van der Waals surface area contributed by atoms with Crippen LogP contribution in [0.5, 0.6) is 0 Å². The second-order valence-electron chi connectivity index (χ2n) is 6.74. The number of carbonyl (C=O) groups is 1. The Morgan fingerprint density at radius 3 is 2.61 bits per heavy atom. The Bertz CT molecular complexity index is 1310. The van der Waals surface area contributed by atoms with Crippen molar-refractivity contribution in [1.29, 1.82) is 0 Å². The molecule has 9 heteroatoms. The van der Waals surface area contributed by atoms with Crippen LogP contribution in [-0.4, -0.2) is 25.5 Å². The summed E-state index contributed by atoms with van der Waals surface area (Å²) in [4.78, 5) is 18.1. The zero-order valence-corrected chi connectivity index (χ0v) is 18.7. The minimum absolute atomic E-state index is 0.120. The van der Waals surface area contributed by atoms with Gasteiger partial charge in [0.05, 0.1) is 12.1 Å². The molecular weight excluding hydrogens is 446 g/mol. The third-order valence-electron chi connectivity index (χ3n) is 4.55. The van der Waals surface area contributed by atoms with Crippen molar-refractivity contribution in [3.63, 3.8) is 0 Å². The number of nitrogens with one attached hydrogen (secondary N) is 1. The lowest BCUT2D eigenvalue weighted by atomic mass is 10.2. The van der Waals surface area contributed by atoms with Gasteiger partial charge >= 0.3 is 0 Å². The van der Waals surface area contributed by atoms with Crippen molar-refractivity contribution in [2.75, 3.05) is 5.32 Å². The third-order valence-corrected chi connectivity index (χ3v) is 7.48. The van der Waals surface area contributed by atoms with Gasteiger partial charge in [-0.3, -0.25) is 9.20 Å². The molecule has 0 saturated carbocycles. The average Bonchev–Trinajstić information content (AvgIpc) is 3.51. The smallest absolute Gasteiger partial charge is 0.232 e. The van der Waals surface area contributed by atoms with Gasteiger partial charge in [-0.25, -0.2) is 4.98 Å². The standard InChI is InChI=1S/C22H17N5OS3/c28-19(24-20-25-26-22(31-20)30-13-15-7-3-1-4-8-15)11-17-14-29-21-23-18(12-27(17)21)16-9-5-2-6-10-16/h1-10,12,14H,11,13H2,(H,24,25,28). The number of hydrogen-bond donors (Lipinski definition) is 1. The first-order valence-corrected chi connectivity index (χ1v) is 12.2. The summed E-state index contributed by atoms with van der Waals surface area (Å²) < 4.78 is 2.81. The van der Waals surface area contributed by atoms with Crippen molar-refractivity contribution in [2.24, 2.45) is 0 Å². The molecule has 154 valence electrons. The fraction of sp³-hybridized carbons (Fsp3) is 0.0909. The van der Waals surface area contributed by atoms with Crippen LogP contribution in [0.15, 0.2) is 76.6 Å². The Morgan fingerprint density at radius 2 is 1.81 bits per heavy atom. The monoisotopic (exact) mass is 463 g/mol. The van der Waals surface area contributed by atoms with Gasteiger partial charge in [0, 0.05) is 28.6 Å². The number of amides is 1. The number of hydrogen-bond acceptors (Lipinski definition) is 7. The molecule has 5 rings (SSSR count). The Kier molecular flexibility index (Phi) is 5.79. The highest BCUT2D eigenvalue weighted by molar-refractivity contribution is 8.00. The van der Waals surface area contributed by atoms with E-state index in [9.17, 15) is 4.79 Å². The number of carbonyl (C=O) groups excluding carboxylic acids is 1. The van der Waals surface area contributed by atoms with Crippen molar-refractivity contribution in [2.45, 2.75) is 16.5 Å². The molecule has 0 atom stereocenters. The SMILES string of the molecule is O=C(Cc1csc2nc(-c3ccccc3)cn12)Nc1nnc(SCc2ccccc2)s1. The highest BCUT2D eigenvalue weighted by atomic mass is 32.2. The number of aromatic nitrogens is 4. The van der Waals surface area contributed by atoms with Gasteiger partial charge in [0.1, 0.15) is 0 Å². The molecule has 31 heavy (non-hydrogen) atoms. The minimum Gasteiger partial charge on any atom is -0.300 e. The summed E-state index contributed by atoms with van der Waals surface area (Å²) >= 11 is 4.53. The molecule has 3 aromatic heterocycles. The van der Waals surface area contributed by atoms with Crippen molar-refractivity contribution in [3.8, 4) is 11.3 Å². The van der Waals surface area contributed by atoms with E-state index in [2.05, 4.69) is 32.6 Å². The quantitative estimate of drug-likeness (QED) is 0.259. The van der Waals surface area contributed by atoms with Gasteiger partial charge in [0.25, 0.3) is 0 Å². The van der Waals surface area contributed by atoms with Crippen LogP contribution < -0.4 is 5.32 Å². The summed E-state index contributed by atoms with van der Waals surface area (Å²) in [6.45, 7) is 0. The van der Waals surface area contributed by atoms with Gasteiger partial charge in [-0.15, -0.1) is 21.5 Å². The predicted octanol–water partition coefficient (Wildman–Crippen LogP) is 5.39. The Morgan fingerprint density at radius 1 is 1.03 bits per heavy atom. The highest BCUT2D eigenvalue weighted by Crippen LogP contribution is 2.28. The summed E-state index contributed by atoms with van der Waals surface area (Å²) in [6.07, 6.45) is 2.23. The van der Waals surface area contributed by atoms with Gasteiger partial charge in [-0.2, -0.15) is 0 Å². The van der Waals surface area contributed by atoms with Crippen LogP contribution >= 0.6 is 34.4 Å². The summed E-state index contributed by atoms with van der Waals surface area (Å²) in [5.74, 6) is 0.700. The fourth-order valence-corrected chi connectivity index (χ4v) is 5.67. The number of thiazole rings is 1. The summed E-state index contributed by atoms with van der Waals surface area (Å²) in [7, 11) is 0. The van der Waals surface area contributed by atoms with E-state index in [0.29, 0.717) is 5.13 Å². The van der Waals surface area contributed by atoms with Crippen LogP contribution in [-0.2, 0) is 17.0 Å². The summed E-state index contributed by atoms with van der Waals surface area (Å²) in [5.41, 5.74) is 4.09. The van der Waals surface area contributed by atoms with Gasteiger partial charge < -0.3 is 5.32 Å². The van der Waals surface area contributed by atoms with Crippen molar-refractivity contribution < 1.29 is 4.79 Å². The van der Waals surface area contributed by atoms with E-state index in [-0.39, 0.29) is 12.3 Å². The van der Waals surface area contributed by atoms with Crippen molar-refractivity contribution in [1.82, 2.24) is 19.6 Å². The predicted molar refractivity (Wildman–Crippen MR) is 127 cm³/mol. The van der Waals surface area contributed by atoms with Crippen LogP contribution in [0.25, 0.3) is 16.2 Å². The van der Waals surface area contributed by atoms with E-state index < -0.39 is 0 Å². The fourth-order valence-electron chi connectivity index (χ4n) is 3.07. The van der Waals surface area contributed by atoms with Crippen LogP contribution in [0, 0.1) is 0 Å². The van der Waals surface area contributed by atoms with Gasteiger partial charge in [0.15, 0.2) is 9.30 Å². The molecule has 0 radical (unpaired) electrons. The molecule has 0 unspecified atom stereocenters. The minimum atomic E-state index is -0.120. The first-order chi connectivity index (χ1) is 15.2. The lowest BCUT2D eigenvalue weighted by Crippen LogP contribution is -2.15. The third kappa shape index (κ3) is 4.68. The molecular formula is C22H17N5OS3. The van der Waals surface area contributed by atoms with Crippen LogP contribution in [0.1, 0.15) is 11.3 Å². The first-order valence-electron chi connectivity index (χ1n) is 9.55. The largest absolute Gasteiger partial charge is 0.300 e. The number of rotatable bonds is 7. The van der Waals surface area contributed by atoms with E-state index in [0.717, 1.165) is 32.0 Å². The average molecular weight is 464 g/mol. The molecule has 0 aliphatic carbocycles. The zero-order valence-electron chi connectivity index (χ0n) is 16.3. The lowest BCUT2D eigenvalue weighted by molar-refractivity contribution is -0.115. The van der Waals surface area contributed by atoms with E-state index in [4.69, 9.17) is 0 Å². The molecule has 1 N–H and O–H groups in total. The molecule has 0 bridgehead atoms. The normalized spacial score (nSPS) is 11.1. The van der Waals surface area contributed by atoms with E-state index in [1.54, 1.807) is 11.8 Å². The number of benzene rings is 2. The van der Waals surface area contributed by atoms with E-state index in [1.807, 2.05) is 64.5 Å². The molecule has 2 aromatic carbocycles. The maximum atomic E-state index is 12.6. The Labute approximate surface area is 191 Å². The molecule has 5 aromatic rings. The molecule has 6 nitrogen and oxygen atoms in total. The van der Waals surface area contributed by atoms with Gasteiger partial charge in [0.2, 0.25) is 11.0 Å². The number of thioether (sulfide) groups is 1. The number of imidazole rings is 1. The molecule has 0 saturated heterocycles. The van der Waals surface area contributed by atoms with Crippen LogP contribution in [0.2, 0.25) is 0 Å². The maximum absolute atomic E-state index is 12.6. The van der Waals surface area contributed by atoms with Crippen LogP contribution in [0.4, 0.5) is 5.13 Å². The molecule has 0 aliphatic rings. The maximum Gasteiger partial charge on any atom is 0.232 e. The topological polar surface area (TPSA) is 72.2 Å². The van der Waals surface area contributed by atoms with Crippen LogP contribution in [0.3, 0.4) is 0 Å². The highest BCUT2D eigenvalue weighted by Gasteiger charge is 2.14. The van der Waals surface area contributed by atoms with Gasteiger partial charge in [-0.05, 0) is 5.56 Å². The molecule has 0 spiro atoms. The second-order valence-corrected chi connectivity index (χ2v) is 9.78. The Hall–Kier alpha value is -3.01. The molecule has 3 heterocycles. The zero-order chi connectivity index (χ0) is 21.0.